The number of halogens is 1. The molecule has 0 atom stereocenters. The molecule has 0 spiro atoms. The van der Waals surface area contributed by atoms with E-state index >= 15 is 0 Å². The van der Waals surface area contributed by atoms with E-state index in [0.717, 1.165) is 47.6 Å². The number of likely N-dealkylation sites (N-methyl/N-ethyl adjacent to an activating group) is 1. The predicted octanol–water partition coefficient (Wildman–Crippen LogP) is 6.27. The summed E-state index contributed by atoms with van der Waals surface area (Å²) < 4.78 is 5.91. The van der Waals surface area contributed by atoms with Crippen molar-refractivity contribution in [3.8, 4) is 11.5 Å². The van der Waals surface area contributed by atoms with Crippen molar-refractivity contribution in [3.63, 3.8) is 0 Å². The quantitative estimate of drug-likeness (QED) is 0.413. The van der Waals surface area contributed by atoms with Gasteiger partial charge in [-0.05, 0) is 54.0 Å². The largest absolute Gasteiger partial charge is 0.508 e. The highest BCUT2D eigenvalue weighted by molar-refractivity contribution is 6.53. The van der Waals surface area contributed by atoms with Crippen LogP contribution in [0.4, 0.5) is 0 Å². The molecular formula is C26H28ClNO2. The average Bonchev–Trinajstić information content (AvgIpc) is 2.78. The molecule has 0 saturated heterocycles. The minimum atomic E-state index is 0.207. The Hall–Kier alpha value is -2.75. The Bertz CT molecular complexity index is 964. The molecule has 3 nitrogen and oxygen atoms in total. The van der Waals surface area contributed by atoms with Crippen molar-refractivity contribution in [3.05, 3.63) is 95.6 Å². The third-order valence-corrected chi connectivity index (χ3v) is 5.50. The van der Waals surface area contributed by atoms with Crippen LogP contribution < -0.4 is 4.74 Å². The molecule has 0 aliphatic rings. The topological polar surface area (TPSA) is 32.7 Å². The highest BCUT2D eigenvalue weighted by atomic mass is 35.5. The first-order valence-electron chi connectivity index (χ1n) is 10.3. The standard InChI is InChI=1S/C26H28ClNO2/c1-3-28(4-2)17-18-30-24-15-13-20(14-16-24)25(22-11-8-12-23(29)19-22)26(27)21-9-6-5-7-10-21/h5-16,19,29H,3-4,17-18H2,1-2H3. The molecule has 0 amide bonds. The fourth-order valence-electron chi connectivity index (χ4n) is 3.36. The summed E-state index contributed by atoms with van der Waals surface area (Å²) in [6, 6.07) is 25.0. The van der Waals surface area contributed by atoms with E-state index in [1.165, 1.54) is 0 Å². The van der Waals surface area contributed by atoms with Crippen molar-refractivity contribution in [2.45, 2.75) is 13.8 Å². The van der Waals surface area contributed by atoms with Crippen LogP contribution in [0.5, 0.6) is 11.5 Å². The molecule has 0 radical (unpaired) electrons. The zero-order chi connectivity index (χ0) is 21.3. The molecular weight excluding hydrogens is 394 g/mol. The third kappa shape index (κ3) is 5.65. The summed E-state index contributed by atoms with van der Waals surface area (Å²) in [4.78, 5) is 2.33. The van der Waals surface area contributed by atoms with Crippen molar-refractivity contribution in [2.75, 3.05) is 26.2 Å². The number of rotatable bonds is 9. The van der Waals surface area contributed by atoms with E-state index in [-0.39, 0.29) is 5.75 Å². The van der Waals surface area contributed by atoms with E-state index in [1.54, 1.807) is 12.1 Å². The van der Waals surface area contributed by atoms with Crippen LogP contribution in [0.1, 0.15) is 30.5 Å². The molecule has 0 unspecified atom stereocenters. The summed E-state index contributed by atoms with van der Waals surface area (Å²) in [5.74, 6) is 1.04. The second-order valence-electron chi connectivity index (χ2n) is 7.01. The number of aromatic hydroxyl groups is 1. The molecule has 0 aliphatic carbocycles. The van der Waals surface area contributed by atoms with Crippen molar-refractivity contribution in [1.82, 2.24) is 4.90 Å². The molecule has 0 bridgehead atoms. The van der Waals surface area contributed by atoms with Crippen LogP contribution in [0, 0.1) is 0 Å². The summed E-state index contributed by atoms with van der Waals surface area (Å²) in [6.45, 7) is 7.92. The molecule has 3 aromatic carbocycles. The molecule has 0 aromatic heterocycles. The van der Waals surface area contributed by atoms with Gasteiger partial charge in [0.25, 0.3) is 0 Å². The van der Waals surface area contributed by atoms with E-state index in [4.69, 9.17) is 16.3 Å². The molecule has 3 rings (SSSR count). The van der Waals surface area contributed by atoms with Crippen molar-refractivity contribution >= 4 is 22.2 Å². The first-order chi connectivity index (χ1) is 14.6. The Morgan fingerprint density at radius 1 is 0.833 bits per heavy atom. The van der Waals surface area contributed by atoms with E-state index in [2.05, 4.69) is 18.7 Å². The van der Waals surface area contributed by atoms with Gasteiger partial charge in [0, 0.05) is 12.1 Å². The molecule has 0 heterocycles. The summed E-state index contributed by atoms with van der Waals surface area (Å²) in [7, 11) is 0. The van der Waals surface area contributed by atoms with Gasteiger partial charge in [-0.2, -0.15) is 0 Å². The number of ether oxygens (including phenoxy) is 1. The Labute approximate surface area is 184 Å². The normalized spacial score (nSPS) is 12.0. The van der Waals surface area contributed by atoms with E-state index in [0.29, 0.717) is 11.6 Å². The summed E-state index contributed by atoms with van der Waals surface area (Å²) in [5, 5.41) is 10.6. The number of hydrogen-bond donors (Lipinski definition) is 1. The number of benzene rings is 3. The molecule has 0 saturated carbocycles. The SMILES string of the molecule is CCN(CC)CCOc1ccc(C(=C(Cl)c2ccccc2)c2cccc(O)c2)cc1. The monoisotopic (exact) mass is 421 g/mol. The Kier molecular flexibility index (Phi) is 7.95. The number of hydrogen-bond acceptors (Lipinski definition) is 3. The maximum absolute atomic E-state index is 10.00. The van der Waals surface area contributed by atoms with Gasteiger partial charge < -0.3 is 14.7 Å². The van der Waals surface area contributed by atoms with Crippen LogP contribution >= 0.6 is 11.6 Å². The van der Waals surface area contributed by atoms with Crippen LogP contribution in [-0.2, 0) is 0 Å². The average molecular weight is 422 g/mol. The minimum Gasteiger partial charge on any atom is -0.508 e. The Morgan fingerprint density at radius 2 is 1.50 bits per heavy atom. The fraction of sp³-hybridized carbons (Fsp3) is 0.231. The molecule has 1 N–H and O–H groups in total. The third-order valence-electron chi connectivity index (χ3n) is 5.10. The maximum Gasteiger partial charge on any atom is 0.119 e. The lowest BCUT2D eigenvalue weighted by atomic mass is 9.95. The highest BCUT2D eigenvalue weighted by Crippen LogP contribution is 2.36. The second-order valence-corrected chi connectivity index (χ2v) is 7.38. The molecule has 0 aliphatic heterocycles. The lowest BCUT2D eigenvalue weighted by molar-refractivity contribution is 0.223. The van der Waals surface area contributed by atoms with Crippen LogP contribution in [-0.4, -0.2) is 36.2 Å². The van der Waals surface area contributed by atoms with E-state index < -0.39 is 0 Å². The van der Waals surface area contributed by atoms with Crippen LogP contribution in [0.3, 0.4) is 0 Å². The van der Waals surface area contributed by atoms with Gasteiger partial charge in [0.1, 0.15) is 18.1 Å². The maximum atomic E-state index is 10.00. The fourth-order valence-corrected chi connectivity index (χ4v) is 3.70. The van der Waals surface area contributed by atoms with Crippen LogP contribution in [0.25, 0.3) is 10.6 Å². The second kappa shape index (κ2) is 10.9. The van der Waals surface area contributed by atoms with Gasteiger partial charge in [-0.15, -0.1) is 0 Å². The molecule has 3 aromatic rings. The summed E-state index contributed by atoms with van der Waals surface area (Å²) in [5.41, 5.74) is 3.62. The number of phenolic OH excluding ortho intramolecular Hbond substituents is 1. The summed E-state index contributed by atoms with van der Waals surface area (Å²) in [6.07, 6.45) is 0. The minimum absolute atomic E-state index is 0.207. The van der Waals surface area contributed by atoms with Crippen LogP contribution in [0.15, 0.2) is 78.9 Å². The Balaban J connectivity index is 1.89. The highest BCUT2D eigenvalue weighted by Gasteiger charge is 2.13. The predicted molar refractivity (Wildman–Crippen MR) is 126 cm³/mol. The first kappa shape index (κ1) is 21.9. The smallest absolute Gasteiger partial charge is 0.119 e. The van der Waals surface area contributed by atoms with Gasteiger partial charge >= 0.3 is 0 Å². The van der Waals surface area contributed by atoms with E-state index in [1.807, 2.05) is 66.7 Å². The van der Waals surface area contributed by atoms with Gasteiger partial charge in [-0.3, -0.25) is 0 Å². The number of nitrogens with zero attached hydrogens (tertiary/aromatic N) is 1. The van der Waals surface area contributed by atoms with E-state index in [9.17, 15) is 5.11 Å². The van der Waals surface area contributed by atoms with Gasteiger partial charge in [0.15, 0.2) is 0 Å². The molecule has 156 valence electrons. The van der Waals surface area contributed by atoms with Gasteiger partial charge in [0.05, 0.1) is 5.03 Å². The van der Waals surface area contributed by atoms with Crippen molar-refractivity contribution in [1.29, 1.82) is 0 Å². The first-order valence-corrected chi connectivity index (χ1v) is 10.7. The van der Waals surface area contributed by atoms with Gasteiger partial charge in [-0.1, -0.05) is 80.0 Å². The van der Waals surface area contributed by atoms with Gasteiger partial charge in [-0.25, -0.2) is 0 Å². The van der Waals surface area contributed by atoms with Crippen molar-refractivity contribution in [2.24, 2.45) is 0 Å². The Morgan fingerprint density at radius 3 is 2.13 bits per heavy atom. The number of phenols is 1. The zero-order valence-corrected chi connectivity index (χ0v) is 18.3. The van der Waals surface area contributed by atoms with Crippen molar-refractivity contribution < 1.29 is 9.84 Å². The van der Waals surface area contributed by atoms with Crippen LogP contribution in [0.2, 0.25) is 0 Å². The molecule has 0 fully saturated rings. The zero-order valence-electron chi connectivity index (χ0n) is 17.5. The molecule has 4 heteroatoms. The molecule has 30 heavy (non-hydrogen) atoms. The van der Waals surface area contributed by atoms with Gasteiger partial charge in [0.2, 0.25) is 0 Å². The lowest BCUT2D eigenvalue weighted by Crippen LogP contribution is -2.27. The summed E-state index contributed by atoms with van der Waals surface area (Å²) >= 11 is 6.85. The lowest BCUT2D eigenvalue weighted by Gasteiger charge is -2.18.